The van der Waals surface area contributed by atoms with E-state index in [0.717, 1.165) is 6.07 Å². The molecule has 0 heterocycles. The maximum Gasteiger partial charge on any atom is 0.340 e. The lowest BCUT2D eigenvalue weighted by atomic mass is 10.1. The fourth-order valence-corrected chi connectivity index (χ4v) is 2.15. The number of nitrogens with one attached hydrogen (secondary N) is 1. The molecule has 0 bridgehead atoms. The van der Waals surface area contributed by atoms with Crippen LogP contribution in [0.2, 0.25) is 0 Å². The summed E-state index contributed by atoms with van der Waals surface area (Å²) in [6.07, 6.45) is 0. The van der Waals surface area contributed by atoms with Gasteiger partial charge in [-0.2, -0.15) is 5.26 Å². The number of nitrogen functional groups attached to an aromatic ring is 1. The van der Waals surface area contributed by atoms with Gasteiger partial charge in [-0.05, 0) is 30.3 Å². The second-order valence-electron chi connectivity index (χ2n) is 4.12. The molecule has 2 rings (SSSR count). The number of hydrogen-bond acceptors (Lipinski definition) is 4. The fraction of sp³-hybridized carbons (Fsp3) is 0. The first-order valence-corrected chi connectivity index (χ1v) is 6.51. The molecule has 2 aromatic rings. The minimum atomic E-state index is -1.36. The Kier molecular flexibility index (Phi) is 4.10. The summed E-state index contributed by atoms with van der Waals surface area (Å²) in [5.74, 6) is -2.17. The number of hydrogen-bond donors (Lipinski definition) is 3. The van der Waals surface area contributed by atoms with Crippen molar-refractivity contribution >= 4 is 39.0 Å². The quantitative estimate of drug-likeness (QED) is 0.736. The number of benzene rings is 2. The first kappa shape index (κ1) is 14.8. The smallest absolute Gasteiger partial charge is 0.340 e. The number of nitriles is 1. The Morgan fingerprint density at radius 2 is 2.00 bits per heavy atom. The third-order valence-corrected chi connectivity index (χ3v) is 3.27. The minimum Gasteiger partial charge on any atom is -0.478 e. The predicted molar refractivity (Wildman–Crippen MR) is 79.9 cm³/mol. The molecule has 7 heteroatoms. The van der Waals surface area contributed by atoms with Gasteiger partial charge in [-0.3, -0.25) is 0 Å². The molecule has 0 fully saturated rings. The van der Waals surface area contributed by atoms with Gasteiger partial charge < -0.3 is 16.2 Å². The highest BCUT2D eigenvalue weighted by Gasteiger charge is 2.18. The van der Waals surface area contributed by atoms with Gasteiger partial charge in [0.25, 0.3) is 0 Å². The molecule has 5 nitrogen and oxygen atoms in total. The molecule has 0 amide bonds. The van der Waals surface area contributed by atoms with Gasteiger partial charge in [-0.15, -0.1) is 0 Å². The molecule has 0 spiro atoms. The highest BCUT2D eigenvalue weighted by molar-refractivity contribution is 9.10. The molecule has 4 N–H and O–H groups in total. The van der Waals surface area contributed by atoms with E-state index in [1.165, 1.54) is 6.07 Å². The number of anilines is 3. The first-order valence-electron chi connectivity index (χ1n) is 5.72. The van der Waals surface area contributed by atoms with E-state index in [4.69, 9.17) is 16.1 Å². The van der Waals surface area contributed by atoms with Crippen LogP contribution in [0.5, 0.6) is 0 Å². The number of rotatable bonds is 3. The van der Waals surface area contributed by atoms with E-state index in [-0.39, 0.29) is 11.3 Å². The zero-order valence-electron chi connectivity index (χ0n) is 10.5. The Balaban J connectivity index is 2.53. The molecule has 0 radical (unpaired) electrons. The lowest BCUT2D eigenvalue weighted by Crippen LogP contribution is -2.09. The summed E-state index contributed by atoms with van der Waals surface area (Å²) in [7, 11) is 0. The predicted octanol–water partition coefficient (Wildman–Crippen LogP) is 3.48. The molecular weight excluding hydrogens is 341 g/mol. The Morgan fingerprint density at radius 3 is 2.62 bits per heavy atom. The number of carboxylic acids is 1. The average molecular weight is 350 g/mol. The second kappa shape index (κ2) is 5.81. The number of halogens is 2. The van der Waals surface area contributed by atoms with Crippen molar-refractivity contribution in [3.05, 3.63) is 51.7 Å². The lowest BCUT2D eigenvalue weighted by Gasteiger charge is -2.13. The maximum atomic E-state index is 13.4. The van der Waals surface area contributed by atoms with Crippen molar-refractivity contribution in [2.75, 3.05) is 11.1 Å². The molecular formula is C14H9BrFN3O2. The molecule has 0 aromatic heterocycles. The van der Waals surface area contributed by atoms with Gasteiger partial charge in [0.15, 0.2) is 0 Å². The molecule has 0 aliphatic rings. The summed E-state index contributed by atoms with van der Waals surface area (Å²) in [4.78, 5) is 11.2. The first-order chi connectivity index (χ1) is 9.93. The Labute approximate surface area is 127 Å². The zero-order chi connectivity index (χ0) is 15.6. The van der Waals surface area contributed by atoms with Crippen LogP contribution >= 0.6 is 15.9 Å². The highest BCUT2D eigenvalue weighted by Crippen LogP contribution is 2.30. The highest BCUT2D eigenvalue weighted by atomic mass is 79.9. The van der Waals surface area contributed by atoms with E-state index in [1.54, 1.807) is 18.2 Å². The maximum absolute atomic E-state index is 13.4. The minimum absolute atomic E-state index is 0.111. The Morgan fingerprint density at radius 1 is 1.33 bits per heavy atom. The van der Waals surface area contributed by atoms with Gasteiger partial charge in [0.05, 0.1) is 22.6 Å². The van der Waals surface area contributed by atoms with Gasteiger partial charge in [0.2, 0.25) is 0 Å². The van der Waals surface area contributed by atoms with Crippen molar-refractivity contribution in [3.8, 4) is 6.07 Å². The van der Waals surface area contributed by atoms with Crippen molar-refractivity contribution in [3.63, 3.8) is 0 Å². The number of nitrogens with two attached hydrogens (primary N) is 1. The van der Waals surface area contributed by atoms with Gasteiger partial charge >= 0.3 is 5.97 Å². The molecule has 106 valence electrons. The third-order valence-electron chi connectivity index (χ3n) is 2.78. The summed E-state index contributed by atoms with van der Waals surface area (Å²) < 4.78 is 14.1. The number of aromatic carboxylic acids is 1. The SMILES string of the molecule is N#Cc1cc(Br)ccc1Nc1ccc(F)c(N)c1C(=O)O. The molecule has 21 heavy (non-hydrogen) atoms. The van der Waals surface area contributed by atoms with Crippen LogP contribution in [0.15, 0.2) is 34.8 Å². The molecule has 0 saturated heterocycles. The van der Waals surface area contributed by atoms with Crippen LogP contribution in [0, 0.1) is 17.1 Å². The van der Waals surface area contributed by atoms with Crippen molar-refractivity contribution < 1.29 is 14.3 Å². The topological polar surface area (TPSA) is 99.1 Å². The summed E-state index contributed by atoms with van der Waals surface area (Å²) in [6, 6.07) is 9.19. The van der Waals surface area contributed by atoms with Gasteiger partial charge in [-0.25, -0.2) is 9.18 Å². The average Bonchev–Trinajstić information content (AvgIpc) is 2.44. The van der Waals surface area contributed by atoms with Gasteiger partial charge in [0, 0.05) is 4.47 Å². The molecule has 0 aliphatic carbocycles. The van der Waals surface area contributed by atoms with Crippen molar-refractivity contribution in [1.29, 1.82) is 5.26 Å². The number of carbonyl (C=O) groups is 1. The number of nitrogens with zero attached hydrogens (tertiary/aromatic N) is 1. The van der Waals surface area contributed by atoms with Crippen LogP contribution in [0.4, 0.5) is 21.5 Å². The standard InChI is InChI=1S/C14H9BrFN3O2/c15-8-1-3-10(7(5-8)6-17)19-11-4-2-9(16)13(18)12(11)14(20)21/h1-5,19H,18H2,(H,20,21). The molecule has 0 atom stereocenters. The largest absolute Gasteiger partial charge is 0.478 e. The van der Waals surface area contributed by atoms with Crippen molar-refractivity contribution in [1.82, 2.24) is 0 Å². The molecule has 0 saturated carbocycles. The fourth-order valence-electron chi connectivity index (χ4n) is 1.79. The molecule has 0 aliphatic heterocycles. The monoisotopic (exact) mass is 349 g/mol. The molecule has 2 aromatic carbocycles. The van der Waals surface area contributed by atoms with Crippen LogP contribution in [0.3, 0.4) is 0 Å². The van der Waals surface area contributed by atoms with Crippen LogP contribution in [0.1, 0.15) is 15.9 Å². The van der Waals surface area contributed by atoms with E-state index in [1.807, 2.05) is 6.07 Å². The van der Waals surface area contributed by atoms with Crippen molar-refractivity contribution in [2.24, 2.45) is 0 Å². The van der Waals surface area contributed by atoms with Gasteiger partial charge in [-0.1, -0.05) is 15.9 Å². The third kappa shape index (κ3) is 2.95. The van der Waals surface area contributed by atoms with Crippen molar-refractivity contribution in [2.45, 2.75) is 0 Å². The van der Waals surface area contributed by atoms with E-state index in [0.29, 0.717) is 15.7 Å². The van der Waals surface area contributed by atoms with E-state index < -0.39 is 17.5 Å². The Hall–Kier alpha value is -2.59. The lowest BCUT2D eigenvalue weighted by molar-refractivity contribution is 0.0698. The van der Waals surface area contributed by atoms with Crippen LogP contribution in [-0.4, -0.2) is 11.1 Å². The van der Waals surface area contributed by atoms with E-state index in [2.05, 4.69) is 21.2 Å². The summed E-state index contributed by atoms with van der Waals surface area (Å²) >= 11 is 3.24. The van der Waals surface area contributed by atoms with Crippen LogP contribution in [0.25, 0.3) is 0 Å². The zero-order valence-corrected chi connectivity index (χ0v) is 12.1. The van der Waals surface area contributed by atoms with Crippen LogP contribution in [-0.2, 0) is 0 Å². The second-order valence-corrected chi connectivity index (χ2v) is 5.03. The van der Waals surface area contributed by atoms with Crippen LogP contribution < -0.4 is 11.1 Å². The van der Waals surface area contributed by atoms with E-state index >= 15 is 0 Å². The summed E-state index contributed by atoms with van der Waals surface area (Å²) in [5, 5.41) is 21.0. The normalized spacial score (nSPS) is 9.95. The number of carboxylic acid groups (broad SMARTS) is 1. The van der Waals surface area contributed by atoms with Gasteiger partial charge in [0.1, 0.15) is 17.4 Å². The summed E-state index contributed by atoms with van der Waals surface area (Å²) in [5.41, 5.74) is 5.45. The Bertz CT molecular complexity index is 772. The molecule has 0 unspecified atom stereocenters. The summed E-state index contributed by atoms with van der Waals surface area (Å²) in [6.45, 7) is 0. The van der Waals surface area contributed by atoms with E-state index in [9.17, 15) is 9.18 Å².